The van der Waals surface area contributed by atoms with Crippen molar-refractivity contribution in [2.24, 2.45) is 56.2 Å². The van der Waals surface area contributed by atoms with Crippen LogP contribution in [0.1, 0.15) is 119 Å². The lowest BCUT2D eigenvalue weighted by atomic mass is 9.30. The maximum atomic E-state index is 12.7. The molecule has 0 heterocycles. The summed E-state index contributed by atoms with van der Waals surface area (Å²) < 4.78 is 0. The predicted molar refractivity (Wildman–Crippen MR) is 132 cm³/mol. The van der Waals surface area contributed by atoms with Crippen molar-refractivity contribution in [2.75, 3.05) is 0 Å². The fourth-order valence-electron chi connectivity index (χ4n) is 11.2. The van der Waals surface area contributed by atoms with E-state index in [4.69, 9.17) is 0 Å². The van der Waals surface area contributed by atoms with Gasteiger partial charge in [-0.15, -0.1) is 0 Å². The highest BCUT2D eigenvalue weighted by molar-refractivity contribution is 5.82. The number of Topliss-reactive ketones (excluding diaryl/α,β-unsaturated/α-hetero) is 1. The highest BCUT2D eigenvalue weighted by atomic mass is 16.4. The molecule has 0 aliphatic heterocycles. The average molecular weight is 457 g/mol. The zero-order valence-electron chi connectivity index (χ0n) is 22.4. The molecule has 0 unspecified atom stereocenters. The summed E-state index contributed by atoms with van der Waals surface area (Å²) >= 11 is 0. The summed E-state index contributed by atoms with van der Waals surface area (Å²) in [5.41, 5.74) is 0.621. The van der Waals surface area contributed by atoms with Crippen LogP contribution in [0.2, 0.25) is 0 Å². The highest BCUT2D eigenvalue weighted by Gasteiger charge is 2.71. The number of fused-ring (bicyclic) bond motifs is 7. The van der Waals surface area contributed by atoms with Crippen LogP contribution in [-0.2, 0) is 9.59 Å². The number of aliphatic carboxylic acids is 1. The molecule has 0 aromatic rings. The number of hydrogen-bond acceptors (Lipinski definition) is 2. The van der Waals surface area contributed by atoms with Crippen LogP contribution in [0.15, 0.2) is 0 Å². The third-order valence-electron chi connectivity index (χ3n) is 14.0. The summed E-state index contributed by atoms with van der Waals surface area (Å²) in [6.45, 7) is 16.9. The first-order chi connectivity index (χ1) is 15.2. The number of carboxylic acid groups (broad SMARTS) is 1. The molecule has 5 fully saturated rings. The lowest BCUT2D eigenvalue weighted by molar-refractivity contribution is -0.257. The van der Waals surface area contributed by atoms with Crippen molar-refractivity contribution >= 4 is 11.8 Å². The molecule has 0 amide bonds. The van der Waals surface area contributed by atoms with Gasteiger partial charge in [-0.1, -0.05) is 41.5 Å². The third kappa shape index (κ3) is 2.80. The van der Waals surface area contributed by atoms with E-state index in [1.165, 1.54) is 38.5 Å². The van der Waals surface area contributed by atoms with Crippen LogP contribution in [-0.4, -0.2) is 16.9 Å². The van der Waals surface area contributed by atoms with Crippen molar-refractivity contribution in [2.45, 2.75) is 119 Å². The van der Waals surface area contributed by atoms with E-state index in [-0.39, 0.29) is 27.6 Å². The predicted octanol–water partition coefficient (Wildman–Crippen LogP) is 7.52. The van der Waals surface area contributed by atoms with Crippen molar-refractivity contribution in [3.8, 4) is 0 Å². The summed E-state index contributed by atoms with van der Waals surface area (Å²) in [6, 6.07) is 0. The second-order valence-electron chi connectivity index (χ2n) is 15.0. The molecule has 3 nitrogen and oxygen atoms in total. The van der Waals surface area contributed by atoms with Crippen molar-refractivity contribution < 1.29 is 14.7 Å². The van der Waals surface area contributed by atoms with Crippen LogP contribution in [0, 0.1) is 56.2 Å². The monoisotopic (exact) mass is 456 g/mol. The van der Waals surface area contributed by atoms with Crippen molar-refractivity contribution in [1.29, 1.82) is 0 Å². The Hall–Kier alpha value is -0.860. The molecule has 186 valence electrons. The standard InChI is InChI=1S/C30H48O3/c1-19-20(31)8-9-21-27(19,4)11-10-22-28(21,5)15-17-30(7)23-18-26(3,24(32)33)13-12-25(23,2)14-16-29(22,30)6/h19,21-23H,8-18H2,1-7H3,(H,32,33)/t19-,21+,22+,23-,25+,26-,27+,28+,29+,30-/m0/s1. The minimum absolute atomic E-state index is 0.153. The number of rotatable bonds is 1. The summed E-state index contributed by atoms with van der Waals surface area (Å²) in [4.78, 5) is 25.0. The van der Waals surface area contributed by atoms with Gasteiger partial charge in [-0.25, -0.2) is 0 Å². The molecular weight excluding hydrogens is 408 g/mol. The fraction of sp³-hybridized carbons (Fsp3) is 0.933. The number of hydrogen-bond donors (Lipinski definition) is 1. The molecule has 3 heteroatoms. The molecule has 0 saturated heterocycles. The molecule has 0 bridgehead atoms. The van der Waals surface area contributed by atoms with Gasteiger partial charge in [0.25, 0.3) is 0 Å². The van der Waals surface area contributed by atoms with E-state index >= 15 is 0 Å². The van der Waals surface area contributed by atoms with E-state index in [1.807, 2.05) is 6.92 Å². The number of carboxylic acids is 1. The molecule has 5 aliphatic carbocycles. The summed E-state index contributed by atoms with van der Waals surface area (Å²) in [6.07, 6.45) is 12.0. The SMILES string of the molecule is C[C@H]1C(=O)CC[C@@H]2[C@]1(C)CC[C@@H]1[C@]2(C)CC[C@@]2(C)[C@H]3C[C@@](C)(C(=O)O)CC[C@]3(C)CC[C@]12C. The summed E-state index contributed by atoms with van der Waals surface area (Å²) in [5.74, 6) is 1.91. The Labute approximate surface area is 201 Å². The van der Waals surface area contributed by atoms with Gasteiger partial charge in [-0.3, -0.25) is 9.59 Å². The Bertz CT molecular complexity index is 880. The van der Waals surface area contributed by atoms with Gasteiger partial charge in [0, 0.05) is 12.3 Å². The normalized spacial score (nSPS) is 58.5. The smallest absolute Gasteiger partial charge is 0.309 e. The van der Waals surface area contributed by atoms with Gasteiger partial charge in [0.1, 0.15) is 5.78 Å². The highest BCUT2D eigenvalue weighted by Crippen LogP contribution is 2.78. The summed E-state index contributed by atoms with van der Waals surface area (Å²) in [7, 11) is 0. The molecule has 5 aliphatic rings. The molecule has 5 saturated carbocycles. The Morgan fingerprint density at radius 3 is 2.03 bits per heavy atom. The first kappa shape index (κ1) is 23.9. The molecule has 0 radical (unpaired) electrons. The van der Waals surface area contributed by atoms with E-state index in [9.17, 15) is 14.7 Å². The lowest BCUT2D eigenvalue weighted by Crippen LogP contribution is -2.68. The van der Waals surface area contributed by atoms with Crippen LogP contribution in [0.3, 0.4) is 0 Å². The molecule has 10 atom stereocenters. The van der Waals surface area contributed by atoms with E-state index in [0.29, 0.717) is 29.0 Å². The maximum Gasteiger partial charge on any atom is 0.309 e. The third-order valence-corrected chi connectivity index (χ3v) is 14.0. The van der Waals surface area contributed by atoms with Crippen molar-refractivity contribution in [3.05, 3.63) is 0 Å². The van der Waals surface area contributed by atoms with Gasteiger partial charge in [0.2, 0.25) is 0 Å². The van der Waals surface area contributed by atoms with Crippen LogP contribution >= 0.6 is 0 Å². The average Bonchev–Trinajstić information content (AvgIpc) is 2.74. The fourth-order valence-corrected chi connectivity index (χ4v) is 11.2. The largest absolute Gasteiger partial charge is 0.481 e. The Morgan fingerprint density at radius 2 is 1.36 bits per heavy atom. The zero-order valence-corrected chi connectivity index (χ0v) is 22.4. The van der Waals surface area contributed by atoms with Gasteiger partial charge in [0.05, 0.1) is 5.41 Å². The number of ketones is 1. The molecule has 0 spiro atoms. The zero-order chi connectivity index (χ0) is 24.2. The Kier molecular flexibility index (Phi) is 4.97. The number of carbonyl (C=O) groups is 2. The van der Waals surface area contributed by atoms with E-state index in [2.05, 4.69) is 41.5 Å². The van der Waals surface area contributed by atoms with E-state index < -0.39 is 11.4 Å². The van der Waals surface area contributed by atoms with Gasteiger partial charge in [-0.05, 0) is 116 Å². The second-order valence-corrected chi connectivity index (χ2v) is 15.0. The Balaban J connectivity index is 1.54. The molecule has 0 aromatic heterocycles. The molecule has 5 rings (SSSR count). The van der Waals surface area contributed by atoms with Gasteiger partial charge < -0.3 is 5.11 Å². The van der Waals surface area contributed by atoms with E-state index in [1.54, 1.807) is 0 Å². The minimum atomic E-state index is -0.588. The minimum Gasteiger partial charge on any atom is -0.481 e. The quantitative estimate of drug-likeness (QED) is 0.444. The topological polar surface area (TPSA) is 54.4 Å². The van der Waals surface area contributed by atoms with Gasteiger partial charge in [-0.2, -0.15) is 0 Å². The van der Waals surface area contributed by atoms with Crippen LogP contribution < -0.4 is 0 Å². The Morgan fingerprint density at radius 1 is 0.758 bits per heavy atom. The lowest BCUT2D eigenvalue weighted by Gasteiger charge is -2.74. The summed E-state index contributed by atoms with van der Waals surface area (Å²) in [5, 5.41) is 10.1. The number of carbonyl (C=O) groups excluding carboxylic acids is 1. The maximum absolute atomic E-state index is 12.7. The first-order valence-electron chi connectivity index (χ1n) is 13.9. The van der Waals surface area contributed by atoms with Gasteiger partial charge in [0.15, 0.2) is 0 Å². The molecule has 0 aromatic carbocycles. The first-order valence-corrected chi connectivity index (χ1v) is 13.9. The second kappa shape index (κ2) is 6.88. The molecule has 33 heavy (non-hydrogen) atoms. The van der Waals surface area contributed by atoms with Crippen molar-refractivity contribution in [1.82, 2.24) is 0 Å². The van der Waals surface area contributed by atoms with Gasteiger partial charge >= 0.3 is 5.97 Å². The van der Waals surface area contributed by atoms with Crippen LogP contribution in [0.5, 0.6) is 0 Å². The van der Waals surface area contributed by atoms with Crippen LogP contribution in [0.4, 0.5) is 0 Å². The van der Waals surface area contributed by atoms with Crippen LogP contribution in [0.25, 0.3) is 0 Å². The molecule has 1 N–H and O–H groups in total. The molecular formula is C30H48O3. The van der Waals surface area contributed by atoms with E-state index in [0.717, 1.165) is 32.1 Å². The van der Waals surface area contributed by atoms with Crippen molar-refractivity contribution in [3.63, 3.8) is 0 Å².